The van der Waals surface area contributed by atoms with E-state index in [-0.39, 0.29) is 23.6 Å². The summed E-state index contributed by atoms with van der Waals surface area (Å²) >= 11 is 1.16. The number of nitrogens with two attached hydrogens (primary N) is 1. The van der Waals surface area contributed by atoms with Crippen LogP contribution in [0.15, 0.2) is 5.38 Å². The van der Waals surface area contributed by atoms with Gasteiger partial charge in [-0.1, -0.05) is 6.92 Å². The third-order valence-corrected chi connectivity index (χ3v) is 2.89. The van der Waals surface area contributed by atoms with E-state index < -0.39 is 5.97 Å². The minimum absolute atomic E-state index is 0.224. The molecule has 0 bridgehead atoms. The minimum Gasteiger partial charge on any atom is -0.462 e. The molecule has 17 heavy (non-hydrogen) atoms. The number of nitrogen functional groups attached to an aromatic ring is 1. The van der Waals surface area contributed by atoms with E-state index in [0.29, 0.717) is 11.5 Å². The quantitative estimate of drug-likeness (QED) is 0.785. The summed E-state index contributed by atoms with van der Waals surface area (Å²) in [4.78, 5) is 23.4. The zero-order chi connectivity index (χ0) is 12.8. The second kappa shape index (κ2) is 6.24. The third kappa shape index (κ3) is 3.20. The van der Waals surface area contributed by atoms with Crippen LogP contribution in [0.3, 0.4) is 0 Å². The smallest absolute Gasteiger partial charge is 0.339 e. The number of anilines is 1. The van der Waals surface area contributed by atoms with Crippen molar-refractivity contribution in [2.45, 2.75) is 20.3 Å². The molecule has 0 spiro atoms. The van der Waals surface area contributed by atoms with E-state index in [9.17, 15) is 9.59 Å². The molecule has 0 saturated heterocycles. The first-order valence-electron chi connectivity index (χ1n) is 5.44. The van der Waals surface area contributed by atoms with Gasteiger partial charge in [0, 0.05) is 11.9 Å². The van der Waals surface area contributed by atoms with Gasteiger partial charge >= 0.3 is 5.97 Å². The molecule has 0 aliphatic heterocycles. The molecule has 1 aromatic heterocycles. The van der Waals surface area contributed by atoms with Gasteiger partial charge in [-0.2, -0.15) is 0 Å². The van der Waals surface area contributed by atoms with Gasteiger partial charge in [0.05, 0.1) is 22.7 Å². The number of hydrogen-bond donors (Lipinski definition) is 2. The van der Waals surface area contributed by atoms with Crippen molar-refractivity contribution in [2.24, 2.45) is 0 Å². The average molecular weight is 256 g/mol. The lowest BCUT2D eigenvalue weighted by atomic mass is 10.1. The third-order valence-electron chi connectivity index (χ3n) is 2.08. The molecule has 0 saturated carbocycles. The molecule has 5 nitrogen and oxygen atoms in total. The Bertz CT molecular complexity index is 415. The summed E-state index contributed by atoms with van der Waals surface area (Å²) in [5, 5.41) is 4.58. The van der Waals surface area contributed by atoms with E-state index in [1.807, 2.05) is 6.92 Å². The Balaban J connectivity index is 2.93. The molecular weight excluding hydrogens is 240 g/mol. The van der Waals surface area contributed by atoms with Gasteiger partial charge in [-0.15, -0.1) is 11.3 Å². The molecule has 0 radical (unpaired) electrons. The van der Waals surface area contributed by atoms with Gasteiger partial charge in [-0.3, -0.25) is 4.79 Å². The van der Waals surface area contributed by atoms with Gasteiger partial charge in [-0.25, -0.2) is 4.79 Å². The van der Waals surface area contributed by atoms with Crippen LogP contribution in [0.5, 0.6) is 0 Å². The van der Waals surface area contributed by atoms with Crippen LogP contribution in [0.4, 0.5) is 5.00 Å². The summed E-state index contributed by atoms with van der Waals surface area (Å²) in [5.41, 5.74) is 6.16. The first-order valence-corrected chi connectivity index (χ1v) is 6.32. The van der Waals surface area contributed by atoms with Crippen LogP contribution >= 0.6 is 11.3 Å². The van der Waals surface area contributed by atoms with E-state index in [4.69, 9.17) is 10.5 Å². The van der Waals surface area contributed by atoms with E-state index >= 15 is 0 Å². The highest BCUT2D eigenvalue weighted by Crippen LogP contribution is 2.25. The summed E-state index contributed by atoms with van der Waals surface area (Å²) < 4.78 is 4.87. The van der Waals surface area contributed by atoms with Crippen molar-refractivity contribution in [1.82, 2.24) is 5.32 Å². The molecule has 3 N–H and O–H groups in total. The predicted octanol–water partition coefficient (Wildman–Crippen LogP) is 1.65. The average Bonchev–Trinajstić information content (AvgIpc) is 2.68. The van der Waals surface area contributed by atoms with Gasteiger partial charge in [0.2, 0.25) is 0 Å². The van der Waals surface area contributed by atoms with Crippen LogP contribution in [0, 0.1) is 0 Å². The van der Waals surface area contributed by atoms with E-state index in [1.165, 1.54) is 0 Å². The zero-order valence-corrected chi connectivity index (χ0v) is 10.7. The van der Waals surface area contributed by atoms with Crippen molar-refractivity contribution in [2.75, 3.05) is 18.9 Å². The summed E-state index contributed by atoms with van der Waals surface area (Å²) in [6.07, 6.45) is 0.824. The highest BCUT2D eigenvalue weighted by Gasteiger charge is 2.22. The van der Waals surface area contributed by atoms with Gasteiger partial charge in [0.1, 0.15) is 0 Å². The van der Waals surface area contributed by atoms with Crippen LogP contribution in [-0.2, 0) is 4.74 Å². The number of nitrogens with one attached hydrogen (secondary N) is 1. The molecule has 1 rings (SSSR count). The number of rotatable bonds is 5. The summed E-state index contributed by atoms with van der Waals surface area (Å²) in [5.74, 6) is -0.837. The zero-order valence-electron chi connectivity index (χ0n) is 9.91. The van der Waals surface area contributed by atoms with Crippen LogP contribution < -0.4 is 11.1 Å². The summed E-state index contributed by atoms with van der Waals surface area (Å²) in [7, 11) is 0. The maximum absolute atomic E-state index is 11.8. The highest BCUT2D eigenvalue weighted by atomic mass is 32.1. The lowest BCUT2D eigenvalue weighted by Gasteiger charge is -2.06. The molecule has 0 aromatic carbocycles. The van der Waals surface area contributed by atoms with Gasteiger partial charge in [0.25, 0.3) is 5.91 Å². The second-order valence-electron chi connectivity index (χ2n) is 3.36. The Labute approximate surface area is 104 Å². The Kier molecular flexibility index (Phi) is 4.96. The molecular formula is C11H16N2O3S. The maximum atomic E-state index is 11.8. The van der Waals surface area contributed by atoms with E-state index in [2.05, 4.69) is 5.32 Å². The molecule has 0 atom stereocenters. The second-order valence-corrected chi connectivity index (χ2v) is 4.28. The van der Waals surface area contributed by atoms with Crippen LogP contribution in [0.1, 0.15) is 41.0 Å². The molecule has 1 heterocycles. The lowest BCUT2D eigenvalue weighted by molar-refractivity contribution is 0.0523. The fourth-order valence-corrected chi connectivity index (χ4v) is 2.07. The van der Waals surface area contributed by atoms with Crippen LogP contribution in [-0.4, -0.2) is 25.0 Å². The van der Waals surface area contributed by atoms with E-state index in [0.717, 1.165) is 17.8 Å². The van der Waals surface area contributed by atoms with Crippen molar-refractivity contribution in [1.29, 1.82) is 0 Å². The van der Waals surface area contributed by atoms with Crippen molar-refractivity contribution in [3.63, 3.8) is 0 Å². The molecule has 0 aliphatic rings. The minimum atomic E-state index is -0.512. The molecule has 1 amide bonds. The number of hydrogen-bond acceptors (Lipinski definition) is 5. The number of carbonyl (C=O) groups excluding carboxylic acids is 2. The predicted molar refractivity (Wildman–Crippen MR) is 67.3 cm³/mol. The monoisotopic (exact) mass is 256 g/mol. The lowest BCUT2D eigenvalue weighted by Crippen LogP contribution is -2.26. The summed E-state index contributed by atoms with van der Waals surface area (Å²) in [6.45, 7) is 4.48. The first kappa shape index (κ1) is 13.5. The fraction of sp³-hybridized carbons (Fsp3) is 0.455. The van der Waals surface area contributed by atoms with Gasteiger partial charge in [0.15, 0.2) is 0 Å². The van der Waals surface area contributed by atoms with E-state index in [1.54, 1.807) is 12.3 Å². The van der Waals surface area contributed by atoms with Crippen molar-refractivity contribution < 1.29 is 14.3 Å². The fourth-order valence-electron chi connectivity index (χ4n) is 1.29. The van der Waals surface area contributed by atoms with Crippen molar-refractivity contribution in [3.05, 3.63) is 16.5 Å². The summed E-state index contributed by atoms with van der Waals surface area (Å²) in [6, 6.07) is 0. The Morgan fingerprint density at radius 1 is 1.47 bits per heavy atom. The van der Waals surface area contributed by atoms with Gasteiger partial charge in [-0.05, 0) is 13.3 Å². The molecule has 94 valence electrons. The number of ether oxygens (including phenoxy) is 1. The normalized spacial score (nSPS) is 10.0. The number of esters is 1. The highest BCUT2D eigenvalue weighted by molar-refractivity contribution is 7.14. The molecule has 0 aliphatic carbocycles. The molecule has 0 fully saturated rings. The standard InChI is InChI=1S/C11H16N2O3S/c1-3-5-13-10(14)8-7(6-17-9(8)12)11(15)16-4-2/h6H,3-5,12H2,1-2H3,(H,13,14). The Hall–Kier alpha value is -1.56. The van der Waals surface area contributed by atoms with Crippen LogP contribution in [0.2, 0.25) is 0 Å². The number of carbonyl (C=O) groups is 2. The SMILES string of the molecule is CCCNC(=O)c1c(C(=O)OCC)csc1N. The number of thiophene rings is 1. The topological polar surface area (TPSA) is 81.4 Å². The molecule has 1 aromatic rings. The Morgan fingerprint density at radius 3 is 2.76 bits per heavy atom. The first-order chi connectivity index (χ1) is 8.11. The van der Waals surface area contributed by atoms with Crippen molar-refractivity contribution in [3.8, 4) is 0 Å². The number of amides is 1. The van der Waals surface area contributed by atoms with Crippen LogP contribution in [0.25, 0.3) is 0 Å². The maximum Gasteiger partial charge on any atom is 0.339 e. The van der Waals surface area contributed by atoms with Crippen molar-refractivity contribution >= 4 is 28.2 Å². The molecule has 6 heteroatoms. The van der Waals surface area contributed by atoms with Gasteiger partial charge < -0.3 is 15.8 Å². The largest absolute Gasteiger partial charge is 0.462 e. The Morgan fingerprint density at radius 2 is 2.18 bits per heavy atom. The molecule has 0 unspecified atom stereocenters.